The molecule has 0 aliphatic carbocycles. The molecule has 0 saturated heterocycles. The molecule has 2 aromatic carbocycles. The summed E-state index contributed by atoms with van der Waals surface area (Å²) in [5.41, 5.74) is 1.18. The highest BCUT2D eigenvalue weighted by molar-refractivity contribution is 7.88. The molecular formula is C20H25FN2O4S. The zero-order valence-corrected chi connectivity index (χ0v) is 16.8. The van der Waals surface area contributed by atoms with E-state index in [9.17, 15) is 17.6 Å². The Bertz CT molecular complexity index is 885. The van der Waals surface area contributed by atoms with Crippen LogP contribution in [0, 0.1) is 5.82 Å². The third-order valence-electron chi connectivity index (χ3n) is 4.13. The number of sulfonamides is 1. The van der Waals surface area contributed by atoms with Crippen LogP contribution in [-0.2, 0) is 16.6 Å². The number of para-hydroxylation sites is 1. The molecule has 0 aliphatic rings. The van der Waals surface area contributed by atoms with E-state index in [-0.39, 0.29) is 18.3 Å². The lowest BCUT2D eigenvalue weighted by molar-refractivity contribution is 0.0948. The number of nitrogens with one attached hydrogen (secondary N) is 1. The van der Waals surface area contributed by atoms with Gasteiger partial charge in [0.2, 0.25) is 10.0 Å². The maximum atomic E-state index is 13.0. The van der Waals surface area contributed by atoms with Crippen LogP contribution in [0.25, 0.3) is 0 Å². The summed E-state index contributed by atoms with van der Waals surface area (Å²) in [6.45, 7) is 3.07. The van der Waals surface area contributed by atoms with E-state index in [1.54, 1.807) is 43.3 Å². The molecule has 0 bridgehead atoms. The molecule has 6 nitrogen and oxygen atoms in total. The van der Waals surface area contributed by atoms with Crippen LogP contribution in [0.5, 0.6) is 5.75 Å². The van der Waals surface area contributed by atoms with E-state index in [1.807, 2.05) is 0 Å². The number of carbonyl (C=O) groups is 1. The van der Waals surface area contributed by atoms with E-state index in [2.05, 4.69) is 5.32 Å². The normalized spacial score (nSPS) is 11.4. The number of benzene rings is 2. The van der Waals surface area contributed by atoms with Crippen molar-refractivity contribution >= 4 is 15.9 Å². The van der Waals surface area contributed by atoms with Crippen molar-refractivity contribution in [1.29, 1.82) is 0 Å². The van der Waals surface area contributed by atoms with Gasteiger partial charge in [0.1, 0.15) is 18.2 Å². The SMILES string of the molecule is CCN(CCCNC(=O)c1ccccc1OCc1ccc(F)cc1)S(C)(=O)=O. The summed E-state index contributed by atoms with van der Waals surface area (Å²) in [4.78, 5) is 12.5. The second-order valence-electron chi connectivity index (χ2n) is 6.28. The lowest BCUT2D eigenvalue weighted by Crippen LogP contribution is -2.33. The molecule has 152 valence electrons. The van der Waals surface area contributed by atoms with Crippen LogP contribution in [0.2, 0.25) is 0 Å². The van der Waals surface area contributed by atoms with Crippen LogP contribution in [0.4, 0.5) is 4.39 Å². The van der Waals surface area contributed by atoms with Crippen LogP contribution in [0.3, 0.4) is 0 Å². The van der Waals surface area contributed by atoms with Crippen molar-refractivity contribution < 1.29 is 22.3 Å². The maximum absolute atomic E-state index is 13.0. The molecule has 0 aliphatic heterocycles. The third kappa shape index (κ3) is 6.61. The quantitative estimate of drug-likeness (QED) is 0.614. The second kappa shape index (κ2) is 10.2. The maximum Gasteiger partial charge on any atom is 0.255 e. The van der Waals surface area contributed by atoms with E-state index in [0.29, 0.717) is 37.4 Å². The molecule has 0 unspecified atom stereocenters. The Morgan fingerprint density at radius 1 is 1.14 bits per heavy atom. The van der Waals surface area contributed by atoms with Gasteiger partial charge in [-0.15, -0.1) is 0 Å². The van der Waals surface area contributed by atoms with Crippen molar-refractivity contribution in [3.8, 4) is 5.75 Å². The molecule has 0 fully saturated rings. The fraction of sp³-hybridized carbons (Fsp3) is 0.350. The number of ether oxygens (including phenoxy) is 1. The largest absolute Gasteiger partial charge is 0.488 e. The predicted molar refractivity (Wildman–Crippen MR) is 106 cm³/mol. The summed E-state index contributed by atoms with van der Waals surface area (Å²) < 4.78 is 43.2. The number of hydrogen-bond acceptors (Lipinski definition) is 4. The minimum Gasteiger partial charge on any atom is -0.488 e. The van der Waals surface area contributed by atoms with E-state index in [0.717, 1.165) is 5.56 Å². The number of halogens is 1. The third-order valence-corrected chi connectivity index (χ3v) is 5.51. The van der Waals surface area contributed by atoms with E-state index < -0.39 is 10.0 Å². The van der Waals surface area contributed by atoms with Gasteiger partial charge in [-0.1, -0.05) is 31.2 Å². The van der Waals surface area contributed by atoms with Crippen LogP contribution < -0.4 is 10.1 Å². The molecule has 1 amide bonds. The Kier molecular flexibility index (Phi) is 7.95. The monoisotopic (exact) mass is 408 g/mol. The van der Waals surface area contributed by atoms with Gasteiger partial charge >= 0.3 is 0 Å². The smallest absolute Gasteiger partial charge is 0.255 e. The first kappa shape index (κ1) is 21.8. The molecule has 0 spiro atoms. The number of hydrogen-bond donors (Lipinski definition) is 1. The Labute approximate surface area is 165 Å². The number of rotatable bonds is 10. The summed E-state index contributed by atoms with van der Waals surface area (Å²) in [5, 5.41) is 2.79. The number of amides is 1. The minimum atomic E-state index is -3.23. The van der Waals surface area contributed by atoms with E-state index in [1.165, 1.54) is 22.7 Å². The molecule has 0 heterocycles. The topological polar surface area (TPSA) is 75.7 Å². The van der Waals surface area contributed by atoms with Gasteiger partial charge in [-0.25, -0.2) is 17.1 Å². The molecule has 2 rings (SSSR count). The number of nitrogens with zero attached hydrogens (tertiary/aromatic N) is 1. The van der Waals surface area contributed by atoms with Gasteiger partial charge in [0.15, 0.2) is 0 Å². The Hall–Kier alpha value is -2.45. The van der Waals surface area contributed by atoms with Crippen LogP contribution >= 0.6 is 0 Å². The molecule has 1 N–H and O–H groups in total. The zero-order valence-electron chi connectivity index (χ0n) is 16.0. The first-order chi connectivity index (χ1) is 13.3. The van der Waals surface area contributed by atoms with Crippen molar-refractivity contribution in [2.24, 2.45) is 0 Å². The fourth-order valence-corrected chi connectivity index (χ4v) is 3.56. The van der Waals surface area contributed by atoms with Crippen molar-refractivity contribution in [3.63, 3.8) is 0 Å². The Morgan fingerprint density at radius 2 is 1.82 bits per heavy atom. The molecular weight excluding hydrogens is 383 g/mol. The van der Waals surface area contributed by atoms with Gasteiger partial charge in [0.05, 0.1) is 11.8 Å². The summed E-state index contributed by atoms with van der Waals surface area (Å²) in [5.74, 6) is -0.186. The molecule has 2 aromatic rings. The second-order valence-corrected chi connectivity index (χ2v) is 8.26. The molecule has 0 radical (unpaired) electrons. The highest BCUT2D eigenvalue weighted by Crippen LogP contribution is 2.19. The highest BCUT2D eigenvalue weighted by atomic mass is 32.2. The van der Waals surface area contributed by atoms with Crippen molar-refractivity contribution in [3.05, 3.63) is 65.5 Å². The van der Waals surface area contributed by atoms with Gasteiger partial charge in [-0.2, -0.15) is 0 Å². The molecule has 8 heteroatoms. The summed E-state index contributed by atoms with van der Waals surface area (Å²) in [6.07, 6.45) is 1.68. The summed E-state index contributed by atoms with van der Waals surface area (Å²) in [7, 11) is -3.23. The minimum absolute atomic E-state index is 0.213. The van der Waals surface area contributed by atoms with Crippen LogP contribution in [0.15, 0.2) is 48.5 Å². The van der Waals surface area contributed by atoms with E-state index in [4.69, 9.17) is 4.74 Å². The van der Waals surface area contributed by atoms with Gasteiger partial charge in [0, 0.05) is 19.6 Å². The molecule has 0 saturated carbocycles. The van der Waals surface area contributed by atoms with Crippen LogP contribution in [-0.4, -0.2) is 44.5 Å². The average Bonchev–Trinajstić information content (AvgIpc) is 2.66. The zero-order chi connectivity index (χ0) is 20.6. The summed E-state index contributed by atoms with van der Waals surface area (Å²) in [6, 6.07) is 12.8. The lowest BCUT2D eigenvalue weighted by atomic mass is 10.2. The van der Waals surface area contributed by atoms with Crippen molar-refractivity contribution in [2.45, 2.75) is 20.0 Å². The Morgan fingerprint density at radius 3 is 2.46 bits per heavy atom. The first-order valence-corrected chi connectivity index (χ1v) is 10.9. The van der Waals surface area contributed by atoms with E-state index >= 15 is 0 Å². The molecule has 0 aromatic heterocycles. The predicted octanol–water partition coefficient (Wildman–Crippen LogP) is 2.81. The van der Waals surface area contributed by atoms with Crippen LogP contribution in [0.1, 0.15) is 29.3 Å². The van der Waals surface area contributed by atoms with Gasteiger partial charge in [-0.3, -0.25) is 4.79 Å². The lowest BCUT2D eigenvalue weighted by Gasteiger charge is -2.17. The molecule has 28 heavy (non-hydrogen) atoms. The Balaban J connectivity index is 1.90. The fourth-order valence-electron chi connectivity index (χ4n) is 2.63. The summed E-state index contributed by atoms with van der Waals surface area (Å²) >= 11 is 0. The number of carbonyl (C=O) groups excluding carboxylic acids is 1. The van der Waals surface area contributed by atoms with Gasteiger partial charge < -0.3 is 10.1 Å². The van der Waals surface area contributed by atoms with Gasteiger partial charge in [-0.05, 0) is 36.2 Å². The highest BCUT2D eigenvalue weighted by Gasteiger charge is 2.15. The van der Waals surface area contributed by atoms with Gasteiger partial charge in [0.25, 0.3) is 5.91 Å². The average molecular weight is 408 g/mol. The standard InChI is InChI=1S/C20H25FN2O4S/c1-3-23(28(2,25)26)14-6-13-22-20(24)18-7-4-5-8-19(18)27-15-16-9-11-17(21)12-10-16/h4-5,7-12H,3,6,13-15H2,1-2H3,(H,22,24). The van der Waals surface area contributed by atoms with Crippen molar-refractivity contribution in [2.75, 3.05) is 25.9 Å². The van der Waals surface area contributed by atoms with Crippen molar-refractivity contribution in [1.82, 2.24) is 9.62 Å². The molecule has 0 atom stereocenters. The first-order valence-electron chi connectivity index (χ1n) is 9.01.